The lowest BCUT2D eigenvalue weighted by molar-refractivity contribution is -0.137. The third-order valence-electron chi connectivity index (χ3n) is 5.67. The quantitative estimate of drug-likeness (QED) is 0.614. The molecule has 2 aliphatic rings. The Morgan fingerprint density at radius 1 is 1.08 bits per heavy atom. The average molecular weight is 351 g/mol. The average Bonchev–Trinajstić information content (AvgIpc) is 2.63. The van der Waals surface area contributed by atoms with Crippen LogP contribution in [0.1, 0.15) is 62.5 Å². The first-order chi connectivity index (χ1) is 12.0. The summed E-state index contributed by atoms with van der Waals surface area (Å²) in [5.41, 5.74) is 1.21. The van der Waals surface area contributed by atoms with Crippen molar-refractivity contribution in [3.63, 3.8) is 0 Å². The molecule has 0 amide bonds. The first kappa shape index (κ1) is 18.5. The highest BCUT2D eigenvalue weighted by Gasteiger charge is 2.30. The lowest BCUT2D eigenvalue weighted by Crippen LogP contribution is -2.29. The number of hydrogen-bond donors (Lipinski definition) is 0. The van der Waals surface area contributed by atoms with Crippen molar-refractivity contribution >= 4 is 5.57 Å². The normalized spacial score (nSPS) is 20.5. The molecular weight excluding hydrogens is 323 g/mol. The Bertz CT molecular complexity index is 585. The Morgan fingerprint density at radius 2 is 1.88 bits per heavy atom. The van der Waals surface area contributed by atoms with E-state index in [0.717, 1.165) is 49.2 Å². The van der Waals surface area contributed by atoms with Crippen LogP contribution in [0.5, 0.6) is 0 Å². The summed E-state index contributed by atoms with van der Waals surface area (Å²) in [5, 5.41) is 0. The zero-order chi connectivity index (χ0) is 17.7. The van der Waals surface area contributed by atoms with E-state index in [1.165, 1.54) is 57.1 Å². The fourth-order valence-electron chi connectivity index (χ4n) is 4.15. The van der Waals surface area contributed by atoms with Gasteiger partial charge in [0.15, 0.2) is 0 Å². The van der Waals surface area contributed by atoms with Crippen molar-refractivity contribution < 1.29 is 13.2 Å². The topological polar surface area (TPSA) is 3.24 Å². The zero-order valence-corrected chi connectivity index (χ0v) is 14.8. The van der Waals surface area contributed by atoms with E-state index < -0.39 is 11.7 Å². The van der Waals surface area contributed by atoms with Gasteiger partial charge in [0.2, 0.25) is 0 Å². The van der Waals surface area contributed by atoms with Crippen LogP contribution >= 0.6 is 0 Å². The van der Waals surface area contributed by atoms with Crippen LogP contribution in [0.4, 0.5) is 13.2 Å². The van der Waals surface area contributed by atoms with E-state index in [2.05, 4.69) is 11.0 Å². The molecule has 1 aliphatic carbocycles. The second kappa shape index (κ2) is 8.39. The Hall–Kier alpha value is -1.29. The minimum Gasteiger partial charge on any atom is -0.299 e. The van der Waals surface area contributed by atoms with E-state index in [1.807, 2.05) is 0 Å². The maximum atomic E-state index is 12.9. The van der Waals surface area contributed by atoms with Gasteiger partial charge in [0.05, 0.1) is 5.56 Å². The third-order valence-corrected chi connectivity index (χ3v) is 5.67. The van der Waals surface area contributed by atoms with Crippen molar-refractivity contribution in [2.75, 3.05) is 19.6 Å². The number of halogens is 3. The van der Waals surface area contributed by atoms with Crippen molar-refractivity contribution in [3.05, 3.63) is 41.5 Å². The molecule has 25 heavy (non-hydrogen) atoms. The molecule has 138 valence electrons. The standard InChI is InChI=1S/C21H28F3N/c22-21(23,24)20-10-4-9-19(16-20)18-11-14-25(15-12-18)13-5-8-17-6-2-1-3-7-17/h4,9-11,16-17H,1-3,5-8,12-15H2. The van der Waals surface area contributed by atoms with Crippen molar-refractivity contribution in [1.82, 2.24) is 4.90 Å². The Balaban J connectivity index is 1.49. The van der Waals surface area contributed by atoms with Crippen LogP contribution in [-0.2, 0) is 6.18 Å². The summed E-state index contributed by atoms with van der Waals surface area (Å²) >= 11 is 0. The van der Waals surface area contributed by atoms with Gasteiger partial charge >= 0.3 is 6.18 Å². The number of benzene rings is 1. The molecule has 0 saturated heterocycles. The van der Waals surface area contributed by atoms with E-state index in [1.54, 1.807) is 6.07 Å². The summed E-state index contributed by atoms with van der Waals surface area (Å²) in [6.45, 7) is 2.92. The van der Waals surface area contributed by atoms with Crippen LogP contribution in [0.2, 0.25) is 0 Å². The van der Waals surface area contributed by atoms with Crippen molar-refractivity contribution in [2.45, 2.75) is 57.5 Å². The molecular formula is C21H28F3N. The molecule has 4 heteroatoms. The molecule has 1 saturated carbocycles. The molecule has 1 aromatic rings. The van der Waals surface area contributed by atoms with Crippen LogP contribution in [0.25, 0.3) is 5.57 Å². The summed E-state index contributed by atoms with van der Waals surface area (Å²) in [6.07, 6.45) is 8.28. The fraction of sp³-hybridized carbons (Fsp3) is 0.619. The Labute approximate surface area is 148 Å². The van der Waals surface area contributed by atoms with Gasteiger partial charge in [0, 0.05) is 13.1 Å². The first-order valence-electron chi connectivity index (χ1n) is 9.61. The highest BCUT2D eigenvalue weighted by atomic mass is 19.4. The maximum Gasteiger partial charge on any atom is 0.416 e. The third kappa shape index (κ3) is 5.34. The van der Waals surface area contributed by atoms with Crippen molar-refractivity contribution in [2.24, 2.45) is 5.92 Å². The van der Waals surface area contributed by atoms with Gasteiger partial charge in [-0.25, -0.2) is 0 Å². The van der Waals surface area contributed by atoms with Gasteiger partial charge in [-0.1, -0.05) is 50.3 Å². The van der Waals surface area contributed by atoms with E-state index in [4.69, 9.17) is 0 Å². The van der Waals surface area contributed by atoms with Gasteiger partial charge in [0.25, 0.3) is 0 Å². The predicted molar refractivity (Wildman–Crippen MR) is 96.3 cm³/mol. The molecule has 3 rings (SSSR count). The van der Waals surface area contributed by atoms with E-state index in [0.29, 0.717) is 0 Å². The van der Waals surface area contributed by atoms with Crippen molar-refractivity contribution in [1.29, 1.82) is 0 Å². The summed E-state index contributed by atoms with van der Waals surface area (Å²) < 4.78 is 38.6. The monoisotopic (exact) mass is 351 g/mol. The second-order valence-corrected chi connectivity index (χ2v) is 7.50. The maximum absolute atomic E-state index is 12.9. The molecule has 0 aromatic heterocycles. The van der Waals surface area contributed by atoms with Gasteiger partial charge in [-0.2, -0.15) is 13.2 Å². The molecule has 1 heterocycles. The molecule has 0 atom stereocenters. The minimum absolute atomic E-state index is 0.555. The zero-order valence-electron chi connectivity index (χ0n) is 14.8. The van der Waals surface area contributed by atoms with Crippen LogP contribution in [0.15, 0.2) is 30.3 Å². The lowest BCUT2D eigenvalue weighted by Gasteiger charge is -2.28. The molecule has 0 N–H and O–H groups in total. The highest BCUT2D eigenvalue weighted by Crippen LogP contribution is 2.32. The van der Waals surface area contributed by atoms with E-state index in [-0.39, 0.29) is 0 Å². The van der Waals surface area contributed by atoms with E-state index >= 15 is 0 Å². The molecule has 1 nitrogen and oxygen atoms in total. The smallest absolute Gasteiger partial charge is 0.299 e. The first-order valence-corrected chi connectivity index (χ1v) is 9.61. The highest BCUT2D eigenvalue weighted by molar-refractivity contribution is 5.67. The summed E-state index contributed by atoms with van der Waals surface area (Å²) in [5.74, 6) is 0.926. The summed E-state index contributed by atoms with van der Waals surface area (Å²) in [6, 6.07) is 5.73. The lowest BCUT2D eigenvalue weighted by atomic mass is 9.86. The molecule has 1 aromatic carbocycles. The van der Waals surface area contributed by atoms with Crippen LogP contribution in [0, 0.1) is 5.92 Å². The molecule has 1 aliphatic heterocycles. The van der Waals surface area contributed by atoms with Crippen LogP contribution < -0.4 is 0 Å². The van der Waals surface area contributed by atoms with Crippen LogP contribution in [-0.4, -0.2) is 24.5 Å². The van der Waals surface area contributed by atoms with Gasteiger partial charge in [-0.3, -0.25) is 4.90 Å². The summed E-state index contributed by atoms with van der Waals surface area (Å²) in [4.78, 5) is 2.43. The Morgan fingerprint density at radius 3 is 2.56 bits per heavy atom. The molecule has 0 spiro atoms. The molecule has 1 fully saturated rings. The SMILES string of the molecule is FC(F)(F)c1cccc(C2=CCN(CCCC3CCCCC3)CC2)c1. The van der Waals surface area contributed by atoms with Gasteiger partial charge in [-0.05, 0) is 55.0 Å². The number of alkyl halides is 3. The predicted octanol–water partition coefficient (Wildman–Crippen LogP) is 6.16. The molecule has 0 radical (unpaired) electrons. The van der Waals surface area contributed by atoms with Gasteiger partial charge < -0.3 is 0 Å². The largest absolute Gasteiger partial charge is 0.416 e. The number of hydrogen-bond acceptors (Lipinski definition) is 1. The number of rotatable bonds is 5. The minimum atomic E-state index is -4.27. The second-order valence-electron chi connectivity index (χ2n) is 7.50. The van der Waals surface area contributed by atoms with E-state index in [9.17, 15) is 13.2 Å². The van der Waals surface area contributed by atoms with Gasteiger partial charge in [-0.15, -0.1) is 0 Å². The fourth-order valence-corrected chi connectivity index (χ4v) is 4.15. The summed E-state index contributed by atoms with van der Waals surface area (Å²) in [7, 11) is 0. The Kier molecular flexibility index (Phi) is 6.21. The molecule has 0 unspecified atom stereocenters. The van der Waals surface area contributed by atoms with Crippen LogP contribution in [0.3, 0.4) is 0 Å². The van der Waals surface area contributed by atoms with Crippen molar-refractivity contribution in [3.8, 4) is 0 Å². The molecule has 0 bridgehead atoms. The number of nitrogens with zero attached hydrogens (tertiary/aromatic N) is 1. The van der Waals surface area contributed by atoms with Gasteiger partial charge in [0.1, 0.15) is 0 Å².